The summed E-state index contributed by atoms with van der Waals surface area (Å²) in [5, 5.41) is 3.58. The van der Waals surface area contributed by atoms with Gasteiger partial charge in [-0.1, -0.05) is 34.1 Å². The minimum atomic E-state index is 0.520. The molecule has 0 radical (unpaired) electrons. The molecule has 0 aromatic carbocycles. The summed E-state index contributed by atoms with van der Waals surface area (Å²) in [6.45, 7) is 11.6. The molecule has 0 saturated heterocycles. The monoisotopic (exact) mass is 231 g/mol. The lowest BCUT2D eigenvalue weighted by Crippen LogP contribution is -2.32. The molecule has 1 atom stereocenters. The summed E-state index contributed by atoms with van der Waals surface area (Å²) in [6, 6.07) is 0. The molecule has 0 aliphatic heterocycles. The molecule has 0 fully saturated rings. The van der Waals surface area contributed by atoms with E-state index in [1.807, 2.05) is 0 Å². The van der Waals surface area contributed by atoms with Crippen molar-refractivity contribution < 1.29 is 0 Å². The van der Waals surface area contributed by atoms with Crippen molar-refractivity contribution in [1.29, 1.82) is 0 Å². The zero-order valence-corrected chi connectivity index (χ0v) is 11.9. The number of thioether (sulfide) groups is 1. The Bertz CT molecular complexity index is 126. The molecule has 0 saturated carbocycles. The van der Waals surface area contributed by atoms with Gasteiger partial charge in [-0.25, -0.2) is 0 Å². The fourth-order valence-corrected chi connectivity index (χ4v) is 2.86. The Kier molecular flexibility index (Phi) is 9.73. The van der Waals surface area contributed by atoms with Gasteiger partial charge in [0.15, 0.2) is 0 Å². The first-order chi connectivity index (χ1) is 7.18. The van der Waals surface area contributed by atoms with Gasteiger partial charge in [0, 0.05) is 6.54 Å². The minimum Gasteiger partial charge on any atom is -0.316 e. The van der Waals surface area contributed by atoms with E-state index in [0.29, 0.717) is 5.41 Å². The minimum absolute atomic E-state index is 0.520. The first-order valence-corrected chi connectivity index (χ1v) is 7.62. The highest BCUT2D eigenvalue weighted by Crippen LogP contribution is 2.28. The van der Waals surface area contributed by atoms with Crippen LogP contribution in [0.3, 0.4) is 0 Å². The zero-order valence-electron chi connectivity index (χ0n) is 11.1. The molecule has 0 heterocycles. The molecular formula is C13H29NS. The van der Waals surface area contributed by atoms with Gasteiger partial charge in [0.1, 0.15) is 0 Å². The fourth-order valence-electron chi connectivity index (χ4n) is 1.94. The highest BCUT2D eigenvalue weighted by Gasteiger charge is 2.21. The summed E-state index contributed by atoms with van der Waals surface area (Å²) < 4.78 is 0. The van der Waals surface area contributed by atoms with Gasteiger partial charge in [0.2, 0.25) is 0 Å². The van der Waals surface area contributed by atoms with Crippen molar-refractivity contribution in [3.63, 3.8) is 0 Å². The SMILES string of the molecule is CCCNCC(C)(CCC)CCSCC. The van der Waals surface area contributed by atoms with Crippen LogP contribution in [0.25, 0.3) is 0 Å². The third kappa shape index (κ3) is 8.15. The smallest absolute Gasteiger partial charge is 0.000545 e. The average Bonchev–Trinajstić information content (AvgIpc) is 2.19. The Morgan fingerprint density at radius 2 is 1.80 bits per heavy atom. The van der Waals surface area contributed by atoms with Gasteiger partial charge in [-0.3, -0.25) is 0 Å². The predicted octanol–water partition coefficient (Wildman–Crippen LogP) is 3.94. The van der Waals surface area contributed by atoms with E-state index in [-0.39, 0.29) is 0 Å². The number of hydrogen-bond donors (Lipinski definition) is 1. The van der Waals surface area contributed by atoms with Crippen molar-refractivity contribution in [2.24, 2.45) is 5.41 Å². The van der Waals surface area contributed by atoms with Gasteiger partial charge in [-0.15, -0.1) is 0 Å². The molecule has 15 heavy (non-hydrogen) atoms. The number of rotatable bonds is 10. The van der Waals surface area contributed by atoms with Crippen molar-refractivity contribution in [3.05, 3.63) is 0 Å². The van der Waals surface area contributed by atoms with Crippen LogP contribution in [0, 0.1) is 5.41 Å². The van der Waals surface area contributed by atoms with E-state index in [4.69, 9.17) is 0 Å². The summed E-state index contributed by atoms with van der Waals surface area (Å²) >= 11 is 2.07. The van der Waals surface area contributed by atoms with E-state index in [9.17, 15) is 0 Å². The van der Waals surface area contributed by atoms with Gasteiger partial charge < -0.3 is 5.32 Å². The first kappa shape index (κ1) is 15.3. The van der Waals surface area contributed by atoms with Crippen molar-refractivity contribution in [2.45, 2.75) is 53.4 Å². The zero-order chi connectivity index (χ0) is 11.6. The van der Waals surface area contributed by atoms with Gasteiger partial charge in [0.25, 0.3) is 0 Å². The van der Waals surface area contributed by atoms with E-state index in [1.165, 1.54) is 50.3 Å². The lowest BCUT2D eigenvalue weighted by molar-refractivity contribution is 0.269. The molecule has 0 aliphatic carbocycles. The van der Waals surface area contributed by atoms with Gasteiger partial charge >= 0.3 is 0 Å². The predicted molar refractivity (Wildman–Crippen MR) is 73.8 cm³/mol. The maximum atomic E-state index is 3.58. The van der Waals surface area contributed by atoms with Gasteiger partial charge in [-0.2, -0.15) is 11.8 Å². The second-order valence-corrected chi connectivity index (χ2v) is 6.08. The van der Waals surface area contributed by atoms with Crippen LogP contribution in [0.2, 0.25) is 0 Å². The molecule has 2 heteroatoms. The van der Waals surface area contributed by atoms with Crippen LogP contribution in [0.4, 0.5) is 0 Å². The quantitative estimate of drug-likeness (QED) is 0.572. The Hall–Kier alpha value is 0.310. The van der Waals surface area contributed by atoms with Crippen molar-refractivity contribution in [2.75, 3.05) is 24.6 Å². The molecule has 0 bridgehead atoms. The number of nitrogens with one attached hydrogen (secondary N) is 1. The lowest BCUT2D eigenvalue weighted by Gasteiger charge is -2.29. The summed E-state index contributed by atoms with van der Waals surface area (Å²) in [5.41, 5.74) is 0.520. The van der Waals surface area contributed by atoms with Crippen molar-refractivity contribution in [1.82, 2.24) is 5.32 Å². The third-order valence-corrected chi connectivity index (χ3v) is 3.79. The van der Waals surface area contributed by atoms with Gasteiger partial charge in [-0.05, 0) is 42.7 Å². The molecule has 0 spiro atoms. The molecule has 0 rings (SSSR count). The van der Waals surface area contributed by atoms with E-state index >= 15 is 0 Å². The summed E-state index contributed by atoms with van der Waals surface area (Å²) in [6.07, 6.45) is 5.26. The molecule has 1 unspecified atom stereocenters. The van der Waals surface area contributed by atoms with E-state index in [0.717, 1.165) is 0 Å². The topological polar surface area (TPSA) is 12.0 Å². The third-order valence-electron chi connectivity index (χ3n) is 2.89. The first-order valence-electron chi connectivity index (χ1n) is 6.47. The maximum Gasteiger partial charge on any atom is 0.000545 e. The van der Waals surface area contributed by atoms with E-state index in [1.54, 1.807) is 0 Å². The van der Waals surface area contributed by atoms with Crippen LogP contribution < -0.4 is 5.32 Å². The highest BCUT2D eigenvalue weighted by molar-refractivity contribution is 7.99. The second kappa shape index (κ2) is 9.53. The Labute approximate surface area is 101 Å². The largest absolute Gasteiger partial charge is 0.316 e. The summed E-state index contributed by atoms with van der Waals surface area (Å²) in [4.78, 5) is 0. The molecule has 1 N–H and O–H groups in total. The fraction of sp³-hybridized carbons (Fsp3) is 1.00. The molecule has 92 valence electrons. The maximum absolute atomic E-state index is 3.58. The van der Waals surface area contributed by atoms with Gasteiger partial charge in [0.05, 0.1) is 0 Å². The Morgan fingerprint density at radius 3 is 2.33 bits per heavy atom. The number of hydrogen-bond acceptors (Lipinski definition) is 2. The van der Waals surface area contributed by atoms with Crippen LogP contribution in [0.15, 0.2) is 0 Å². The van der Waals surface area contributed by atoms with Crippen LogP contribution in [0.1, 0.15) is 53.4 Å². The van der Waals surface area contributed by atoms with Crippen molar-refractivity contribution in [3.8, 4) is 0 Å². The van der Waals surface area contributed by atoms with E-state index in [2.05, 4.69) is 44.8 Å². The second-order valence-electron chi connectivity index (χ2n) is 4.68. The van der Waals surface area contributed by atoms with Crippen LogP contribution in [0.5, 0.6) is 0 Å². The molecule has 0 aromatic heterocycles. The summed E-state index contributed by atoms with van der Waals surface area (Å²) in [7, 11) is 0. The highest BCUT2D eigenvalue weighted by atomic mass is 32.2. The normalized spacial score (nSPS) is 15.2. The standard InChI is InChI=1S/C13H29NS/c1-5-8-13(4,9-11-15-7-3)12-14-10-6-2/h14H,5-12H2,1-4H3. The Balaban J connectivity index is 3.83. The lowest BCUT2D eigenvalue weighted by atomic mass is 9.83. The average molecular weight is 231 g/mol. The van der Waals surface area contributed by atoms with Crippen LogP contribution in [-0.4, -0.2) is 24.6 Å². The molecule has 0 aromatic rings. The van der Waals surface area contributed by atoms with Crippen LogP contribution >= 0.6 is 11.8 Å². The molecule has 0 aliphatic rings. The molecule has 1 nitrogen and oxygen atoms in total. The molecular weight excluding hydrogens is 202 g/mol. The Morgan fingerprint density at radius 1 is 1.07 bits per heavy atom. The van der Waals surface area contributed by atoms with Crippen LogP contribution in [-0.2, 0) is 0 Å². The van der Waals surface area contributed by atoms with Crippen molar-refractivity contribution >= 4 is 11.8 Å². The van der Waals surface area contributed by atoms with E-state index < -0.39 is 0 Å². The summed E-state index contributed by atoms with van der Waals surface area (Å²) in [5.74, 6) is 2.57. The molecule has 0 amide bonds.